The molecule has 0 aromatic carbocycles. The zero-order chi connectivity index (χ0) is 11.7. The smallest absolute Gasteiger partial charge is 0.211 e. The molecule has 0 bridgehead atoms. The first-order valence-corrected chi connectivity index (χ1v) is 5.60. The van der Waals surface area contributed by atoms with Gasteiger partial charge in [0.05, 0.1) is 6.21 Å². The molecule has 2 aromatic heterocycles. The number of thiazole rings is 1. The van der Waals surface area contributed by atoms with E-state index in [-0.39, 0.29) is 5.96 Å². The van der Waals surface area contributed by atoms with Crippen LogP contribution in [0.2, 0.25) is 9.49 Å². The highest BCUT2D eigenvalue weighted by Crippen LogP contribution is 2.26. The van der Waals surface area contributed by atoms with Crippen LogP contribution in [0, 0.1) is 0 Å². The quantitative estimate of drug-likeness (QED) is 0.492. The van der Waals surface area contributed by atoms with E-state index in [0.29, 0.717) is 20.1 Å². The molecule has 2 rings (SSSR count). The summed E-state index contributed by atoms with van der Waals surface area (Å²) in [6.07, 6.45) is 3.10. The molecule has 0 unspecified atom stereocenters. The van der Waals surface area contributed by atoms with Crippen molar-refractivity contribution >= 4 is 51.7 Å². The average molecular weight is 277 g/mol. The van der Waals surface area contributed by atoms with Gasteiger partial charge in [0.15, 0.2) is 10.1 Å². The molecule has 0 atom stereocenters. The second-order valence-electron chi connectivity index (χ2n) is 2.75. The van der Waals surface area contributed by atoms with Crippen LogP contribution in [0.1, 0.15) is 5.69 Å². The average Bonchev–Trinajstić information content (AvgIpc) is 2.64. The highest BCUT2D eigenvalue weighted by atomic mass is 35.5. The number of fused-ring (bicyclic) bond motifs is 1. The van der Waals surface area contributed by atoms with Gasteiger partial charge >= 0.3 is 0 Å². The lowest BCUT2D eigenvalue weighted by Gasteiger charge is -1.89. The molecule has 0 saturated heterocycles. The normalized spacial score (nSPS) is 11.4. The van der Waals surface area contributed by atoms with Gasteiger partial charge in [0.25, 0.3) is 0 Å². The SMILES string of the molecule is NC(N)=N/N=C\c1c(Cl)nc2sc(Cl)cn12. The summed E-state index contributed by atoms with van der Waals surface area (Å²) < 4.78 is 2.32. The standard InChI is InChI=1S/C7H6Cl2N6S/c8-4-2-15-3(1-12-14-6(10)11)5(9)13-7(15)16-4/h1-2H,(H4,10,11,14)/b12-1-. The summed E-state index contributed by atoms with van der Waals surface area (Å²) in [6.45, 7) is 0. The predicted molar refractivity (Wildman–Crippen MR) is 66.5 cm³/mol. The lowest BCUT2D eigenvalue weighted by molar-refractivity contribution is 1.18. The lowest BCUT2D eigenvalue weighted by Crippen LogP contribution is -2.21. The highest BCUT2D eigenvalue weighted by Gasteiger charge is 2.11. The van der Waals surface area contributed by atoms with Crippen LogP contribution in [0.4, 0.5) is 0 Å². The van der Waals surface area contributed by atoms with Crippen molar-refractivity contribution in [3.8, 4) is 0 Å². The van der Waals surface area contributed by atoms with Crippen LogP contribution in [0.25, 0.3) is 4.96 Å². The van der Waals surface area contributed by atoms with Crippen molar-refractivity contribution in [3.05, 3.63) is 21.4 Å². The fourth-order valence-electron chi connectivity index (χ4n) is 1.08. The molecule has 84 valence electrons. The molecule has 0 saturated carbocycles. The van der Waals surface area contributed by atoms with E-state index >= 15 is 0 Å². The maximum atomic E-state index is 5.91. The van der Waals surface area contributed by atoms with Crippen LogP contribution in [0.3, 0.4) is 0 Å². The van der Waals surface area contributed by atoms with Crippen molar-refractivity contribution in [2.24, 2.45) is 21.7 Å². The summed E-state index contributed by atoms with van der Waals surface area (Å²) in [7, 11) is 0. The minimum atomic E-state index is -0.128. The Balaban J connectivity index is 2.46. The van der Waals surface area contributed by atoms with Crippen molar-refractivity contribution in [2.45, 2.75) is 0 Å². The van der Waals surface area contributed by atoms with Gasteiger partial charge in [-0.2, -0.15) is 5.10 Å². The van der Waals surface area contributed by atoms with Crippen molar-refractivity contribution in [3.63, 3.8) is 0 Å². The number of aromatic nitrogens is 2. The molecular formula is C7H6Cl2N6S. The minimum Gasteiger partial charge on any atom is -0.369 e. The summed E-state index contributed by atoms with van der Waals surface area (Å²) in [5.41, 5.74) is 10.8. The van der Waals surface area contributed by atoms with Gasteiger partial charge in [-0.15, -0.1) is 5.10 Å². The summed E-state index contributed by atoms with van der Waals surface area (Å²) in [5.74, 6) is -0.128. The third-order valence-corrected chi connectivity index (χ3v) is 3.02. The van der Waals surface area contributed by atoms with Gasteiger partial charge in [-0.05, 0) is 0 Å². The van der Waals surface area contributed by atoms with E-state index in [4.69, 9.17) is 34.7 Å². The molecule has 0 aliphatic rings. The maximum absolute atomic E-state index is 5.91. The van der Waals surface area contributed by atoms with Gasteiger partial charge < -0.3 is 11.5 Å². The Hall–Kier alpha value is -1.31. The molecule has 0 aliphatic carbocycles. The minimum absolute atomic E-state index is 0.128. The van der Waals surface area contributed by atoms with Crippen LogP contribution in [-0.4, -0.2) is 21.6 Å². The second-order valence-corrected chi connectivity index (χ2v) is 4.74. The van der Waals surface area contributed by atoms with E-state index in [2.05, 4.69) is 15.2 Å². The molecule has 0 radical (unpaired) electrons. The number of halogens is 2. The summed E-state index contributed by atoms with van der Waals surface area (Å²) in [6, 6.07) is 0. The van der Waals surface area contributed by atoms with Crippen molar-refractivity contribution in [1.29, 1.82) is 0 Å². The van der Waals surface area contributed by atoms with Gasteiger partial charge in [-0.1, -0.05) is 34.5 Å². The van der Waals surface area contributed by atoms with E-state index in [0.717, 1.165) is 0 Å². The molecule has 6 nitrogen and oxygen atoms in total. The topological polar surface area (TPSA) is 94.1 Å². The number of nitrogens with zero attached hydrogens (tertiary/aromatic N) is 4. The Morgan fingerprint density at radius 1 is 1.50 bits per heavy atom. The number of hydrogen-bond acceptors (Lipinski definition) is 4. The lowest BCUT2D eigenvalue weighted by atomic mass is 10.5. The van der Waals surface area contributed by atoms with Crippen molar-refractivity contribution < 1.29 is 0 Å². The molecular weight excluding hydrogens is 271 g/mol. The van der Waals surface area contributed by atoms with Gasteiger partial charge in [0.1, 0.15) is 10.0 Å². The Kier molecular flexibility index (Phi) is 2.99. The van der Waals surface area contributed by atoms with E-state index in [1.54, 1.807) is 10.6 Å². The molecule has 0 amide bonds. The summed E-state index contributed by atoms with van der Waals surface area (Å²) in [4.78, 5) is 4.77. The first-order valence-electron chi connectivity index (χ1n) is 4.03. The third kappa shape index (κ3) is 2.11. The molecule has 2 heterocycles. The molecule has 4 N–H and O–H groups in total. The molecule has 0 spiro atoms. The second kappa shape index (κ2) is 4.28. The number of nitrogens with two attached hydrogens (primary N) is 2. The van der Waals surface area contributed by atoms with E-state index in [9.17, 15) is 0 Å². The first kappa shape index (κ1) is 11.2. The predicted octanol–water partition coefficient (Wildman–Crippen LogP) is 1.31. The van der Waals surface area contributed by atoms with Crippen LogP contribution in [0.15, 0.2) is 16.4 Å². The van der Waals surface area contributed by atoms with Gasteiger partial charge in [-0.3, -0.25) is 4.40 Å². The summed E-state index contributed by atoms with van der Waals surface area (Å²) >= 11 is 13.1. The molecule has 9 heteroatoms. The monoisotopic (exact) mass is 276 g/mol. The van der Waals surface area contributed by atoms with Crippen LogP contribution in [-0.2, 0) is 0 Å². The van der Waals surface area contributed by atoms with Gasteiger partial charge in [-0.25, -0.2) is 4.98 Å². The molecule has 2 aromatic rings. The van der Waals surface area contributed by atoms with Crippen molar-refractivity contribution in [2.75, 3.05) is 0 Å². The van der Waals surface area contributed by atoms with Crippen LogP contribution >= 0.6 is 34.5 Å². The Bertz CT molecular complexity index is 579. The largest absolute Gasteiger partial charge is 0.369 e. The van der Waals surface area contributed by atoms with Gasteiger partial charge in [0.2, 0.25) is 5.96 Å². The summed E-state index contributed by atoms with van der Waals surface area (Å²) in [5, 5.41) is 7.45. The first-order chi connectivity index (χ1) is 7.58. The van der Waals surface area contributed by atoms with Crippen LogP contribution in [0.5, 0.6) is 0 Å². The van der Waals surface area contributed by atoms with E-state index < -0.39 is 0 Å². The molecule has 0 aliphatic heterocycles. The Labute approximate surface area is 104 Å². The third-order valence-electron chi connectivity index (χ3n) is 1.64. The van der Waals surface area contributed by atoms with Gasteiger partial charge in [0, 0.05) is 6.20 Å². The molecule has 16 heavy (non-hydrogen) atoms. The van der Waals surface area contributed by atoms with E-state index in [1.807, 2.05) is 0 Å². The number of guanidine groups is 1. The zero-order valence-electron chi connectivity index (χ0n) is 7.76. The van der Waals surface area contributed by atoms with E-state index in [1.165, 1.54) is 17.6 Å². The fraction of sp³-hybridized carbons (Fsp3) is 0. The zero-order valence-corrected chi connectivity index (χ0v) is 10.1. The number of imidazole rings is 1. The fourth-order valence-corrected chi connectivity index (χ4v) is 2.37. The molecule has 0 fully saturated rings. The maximum Gasteiger partial charge on any atom is 0.211 e. The van der Waals surface area contributed by atoms with Crippen molar-refractivity contribution in [1.82, 2.24) is 9.38 Å². The highest BCUT2D eigenvalue weighted by molar-refractivity contribution is 7.20. The number of rotatable bonds is 2. The Morgan fingerprint density at radius 3 is 2.94 bits per heavy atom. The number of hydrogen-bond donors (Lipinski definition) is 2. The van der Waals surface area contributed by atoms with Crippen LogP contribution < -0.4 is 11.5 Å². The Morgan fingerprint density at radius 2 is 2.25 bits per heavy atom.